The van der Waals surface area contributed by atoms with Gasteiger partial charge in [0.25, 0.3) is 5.54 Å². The van der Waals surface area contributed by atoms with Crippen molar-refractivity contribution in [3.05, 3.63) is 45.7 Å². The summed E-state index contributed by atoms with van der Waals surface area (Å²) in [6, 6.07) is 5.15. The molecule has 0 amide bonds. The van der Waals surface area contributed by atoms with E-state index in [-0.39, 0.29) is 28.1 Å². The molecule has 0 aliphatic carbocycles. The zero-order chi connectivity index (χ0) is 19.1. The number of alkyl halides is 3. The number of nitrogens with one attached hydrogen (secondary N) is 1. The van der Waals surface area contributed by atoms with Crippen molar-refractivity contribution in [1.29, 1.82) is 10.5 Å². The van der Waals surface area contributed by atoms with E-state index >= 15 is 0 Å². The first-order valence-corrected chi connectivity index (χ1v) is 7.72. The Morgan fingerprint density at radius 2 is 1.81 bits per heavy atom. The molecule has 1 aliphatic heterocycles. The highest BCUT2D eigenvalue weighted by atomic mass is 35.5. The molecule has 0 saturated carbocycles. The predicted octanol–water partition coefficient (Wildman–Crippen LogP) is 3.33. The zero-order valence-electron chi connectivity index (χ0n) is 12.6. The van der Waals surface area contributed by atoms with Gasteiger partial charge < -0.3 is 5.32 Å². The fraction of sp³-hybridized carbons (Fsp3) is 0.200. The molecule has 1 N–H and O–H groups in total. The van der Waals surface area contributed by atoms with E-state index in [1.54, 1.807) is 0 Å². The number of nitriles is 2. The summed E-state index contributed by atoms with van der Waals surface area (Å²) in [5, 5.41) is 24.5. The number of rotatable bonds is 2. The molecule has 3 rings (SSSR count). The van der Waals surface area contributed by atoms with E-state index in [1.165, 1.54) is 17.1 Å². The second kappa shape index (κ2) is 6.20. The first-order chi connectivity index (χ1) is 12.2. The van der Waals surface area contributed by atoms with Gasteiger partial charge in [0, 0.05) is 6.20 Å². The molecular weight excluding hydrogens is 392 g/mol. The molecule has 0 fully saturated rings. The molecule has 2 aromatic rings. The van der Waals surface area contributed by atoms with Crippen LogP contribution in [0.25, 0.3) is 5.69 Å². The molecule has 0 saturated heterocycles. The molecule has 0 spiro atoms. The number of nitrogens with zero attached hydrogens (tertiary/aromatic N) is 5. The van der Waals surface area contributed by atoms with Crippen LogP contribution in [0.3, 0.4) is 0 Å². The van der Waals surface area contributed by atoms with Gasteiger partial charge in [-0.2, -0.15) is 28.8 Å². The number of aliphatic imine (C=N–C) groups is 1. The zero-order valence-corrected chi connectivity index (χ0v) is 14.2. The van der Waals surface area contributed by atoms with Crippen LogP contribution in [-0.2, 0) is 6.18 Å². The normalized spacial score (nSPS) is 15.7. The Kier molecular flexibility index (Phi) is 4.31. The van der Waals surface area contributed by atoms with Crippen LogP contribution in [-0.4, -0.2) is 27.7 Å². The third kappa shape index (κ3) is 3.07. The van der Waals surface area contributed by atoms with E-state index in [1.807, 2.05) is 12.1 Å². The molecule has 0 radical (unpaired) electrons. The molecule has 6 nitrogen and oxygen atoms in total. The van der Waals surface area contributed by atoms with Crippen LogP contribution >= 0.6 is 23.2 Å². The summed E-state index contributed by atoms with van der Waals surface area (Å²) < 4.78 is 39.6. The molecule has 0 bridgehead atoms. The molecule has 0 atom stereocenters. The van der Waals surface area contributed by atoms with Crippen LogP contribution in [0.2, 0.25) is 10.0 Å². The highest BCUT2D eigenvalue weighted by Crippen LogP contribution is 2.37. The first-order valence-electron chi connectivity index (χ1n) is 6.97. The van der Waals surface area contributed by atoms with E-state index in [9.17, 15) is 13.2 Å². The molecule has 1 aromatic heterocycles. The van der Waals surface area contributed by atoms with Crippen molar-refractivity contribution >= 4 is 29.0 Å². The van der Waals surface area contributed by atoms with Gasteiger partial charge >= 0.3 is 6.18 Å². The lowest BCUT2D eigenvalue weighted by Gasteiger charge is -2.12. The lowest BCUT2D eigenvalue weighted by Crippen LogP contribution is -2.29. The molecule has 1 aliphatic rings. The van der Waals surface area contributed by atoms with Crippen molar-refractivity contribution in [2.45, 2.75) is 11.7 Å². The SMILES string of the molecule is N#CC1(C#N)CNC(c2cnn(-c3c(Cl)cc(C(F)(F)F)cc3Cl)c2)=N1. The third-order valence-corrected chi connectivity index (χ3v) is 4.19. The maximum Gasteiger partial charge on any atom is 0.416 e. The molecule has 11 heteroatoms. The Bertz CT molecular complexity index is 959. The van der Waals surface area contributed by atoms with Crippen LogP contribution in [0.4, 0.5) is 13.2 Å². The lowest BCUT2D eigenvalue weighted by molar-refractivity contribution is -0.137. The second-order valence-corrected chi connectivity index (χ2v) is 6.17. The Hall–Kier alpha value is -2.75. The van der Waals surface area contributed by atoms with Gasteiger partial charge in [0.1, 0.15) is 23.7 Å². The van der Waals surface area contributed by atoms with E-state index in [0.29, 0.717) is 5.56 Å². The first kappa shape index (κ1) is 18.1. The van der Waals surface area contributed by atoms with Gasteiger partial charge in [-0.05, 0) is 12.1 Å². The van der Waals surface area contributed by atoms with Gasteiger partial charge in [-0.15, -0.1) is 0 Å². The molecule has 2 heterocycles. The maximum absolute atomic E-state index is 12.8. The summed E-state index contributed by atoms with van der Waals surface area (Å²) in [4.78, 5) is 4.04. The highest BCUT2D eigenvalue weighted by Gasteiger charge is 2.36. The largest absolute Gasteiger partial charge is 0.416 e. The number of amidine groups is 1. The Morgan fingerprint density at radius 1 is 1.19 bits per heavy atom. The summed E-state index contributed by atoms with van der Waals surface area (Å²) >= 11 is 11.9. The van der Waals surface area contributed by atoms with Gasteiger partial charge in [0.05, 0.1) is 33.9 Å². The van der Waals surface area contributed by atoms with E-state index in [2.05, 4.69) is 15.4 Å². The lowest BCUT2D eigenvalue weighted by atomic mass is 10.1. The Morgan fingerprint density at radius 3 is 2.31 bits per heavy atom. The van der Waals surface area contributed by atoms with Crippen molar-refractivity contribution in [1.82, 2.24) is 15.1 Å². The topological polar surface area (TPSA) is 89.8 Å². The molecule has 132 valence electrons. The minimum atomic E-state index is -4.58. The average molecular weight is 399 g/mol. The monoisotopic (exact) mass is 398 g/mol. The van der Waals surface area contributed by atoms with Gasteiger partial charge in [-0.25, -0.2) is 9.67 Å². The molecule has 26 heavy (non-hydrogen) atoms. The standard InChI is InChI=1S/C15H7Cl2F3N6/c16-10-1-9(15(18,19)20)2-11(17)12(10)26-4-8(3-24-26)13-23-7-14(5-21,6-22)25-13/h1-4H,7H2,(H,23,25). The number of halogens is 5. The Balaban J connectivity index is 2.00. The van der Waals surface area contributed by atoms with Crippen molar-refractivity contribution in [3.8, 4) is 17.8 Å². The van der Waals surface area contributed by atoms with Gasteiger partial charge in [0.15, 0.2) is 0 Å². The van der Waals surface area contributed by atoms with Crippen LogP contribution < -0.4 is 5.32 Å². The van der Waals surface area contributed by atoms with Crippen LogP contribution in [0, 0.1) is 22.7 Å². The summed E-state index contributed by atoms with van der Waals surface area (Å²) in [5.41, 5.74) is -2.01. The fourth-order valence-electron chi connectivity index (χ4n) is 2.32. The quantitative estimate of drug-likeness (QED) is 0.839. The summed E-state index contributed by atoms with van der Waals surface area (Å²) in [5.74, 6) is 0.263. The van der Waals surface area contributed by atoms with Crippen molar-refractivity contribution in [2.24, 2.45) is 4.99 Å². The number of benzene rings is 1. The summed E-state index contributed by atoms with van der Waals surface area (Å²) in [6.45, 7) is 0.0162. The van der Waals surface area contributed by atoms with Gasteiger partial charge in [0.2, 0.25) is 0 Å². The van der Waals surface area contributed by atoms with Crippen molar-refractivity contribution in [2.75, 3.05) is 6.54 Å². The second-order valence-electron chi connectivity index (χ2n) is 5.36. The van der Waals surface area contributed by atoms with Crippen LogP contribution in [0.5, 0.6) is 0 Å². The van der Waals surface area contributed by atoms with Crippen LogP contribution in [0.15, 0.2) is 29.5 Å². The summed E-state index contributed by atoms with van der Waals surface area (Å²) in [7, 11) is 0. The van der Waals surface area contributed by atoms with Crippen molar-refractivity contribution in [3.63, 3.8) is 0 Å². The highest BCUT2D eigenvalue weighted by molar-refractivity contribution is 6.37. The maximum atomic E-state index is 12.8. The van der Waals surface area contributed by atoms with Gasteiger partial charge in [-0.3, -0.25) is 0 Å². The fourth-order valence-corrected chi connectivity index (χ4v) is 2.98. The van der Waals surface area contributed by atoms with Crippen LogP contribution in [0.1, 0.15) is 11.1 Å². The average Bonchev–Trinajstić information content (AvgIpc) is 3.20. The molecular formula is C15H7Cl2F3N6. The number of hydrogen-bond donors (Lipinski definition) is 1. The van der Waals surface area contributed by atoms with E-state index < -0.39 is 17.3 Å². The van der Waals surface area contributed by atoms with E-state index in [0.717, 1.165) is 12.1 Å². The van der Waals surface area contributed by atoms with E-state index in [4.69, 9.17) is 33.7 Å². The minimum Gasteiger partial charge on any atom is -0.365 e. The molecule has 0 unspecified atom stereocenters. The third-order valence-electron chi connectivity index (χ3n) is 3.61. The number of aromatic nitrogens is 2. The predicted molar refractivity (Wildman–Crippen MR) is 87.1 cm³/mol. The number of hydrogen-bond acceptors (Lipinski definition) is 5. The minimum absolute atomic E-state index is 0.0162. The molecule has 1 aromatic carbocycles. The summed E-state index contributed by atoms with van der Waals surface area (Å²) in [6.07, 6.45) is -1.79. The smallest absolute Gasteiger partial charge is 0.365 e. The van der Waals surface area contributed by atoms with Crippen molar-refractivity contribution < 1.29 is 13.2 Å². The Labute approximate surface area is 155 Å². The van der Waals surface area contributed by atoms with Gasteiger partial charge in [-0.1, -0.05) is 23.2 Å².